The van der Waals surface area contributed by atoms with Crippen LogP contribution in [0.15, 0.2) is 12.1 Å². The molecule has 0 atom stereocenters. The molecule has 1 aliphatic carbocycles. The Bertz CT molecular complexity index is 489. The summed E-state index contributed by atoms with van der Waals surface area (Å²) in [5, 5.41) is 2.84. The van der Waals surface area contributed by atoms with E-state index in [4.69, 9.17) is 22.1 Å². The monoisotopic (exact) mass is 272 g/mol. The van der Waals surface area contributed by atoms with Crippen molar-refractivity contribution in [2.45, 2.75) is 24.9 Å². The Labute approximate surface area is 109 Å². The molecule has 1 saturated carbocycles. The molecular formula is C12H14ClFN2O2. The van der Waals surface area contributed by atoms with Crippen molar-refractivity contribution >= 4 is 17.5 Å². The van der Waals surface area contributed by atoms with Crippen molar-refractivity contribution in [1.82, 2.24) is 5.32 Å². The van der Waals surface area contributed by atoms with Crippen LogP contribution in [0.1, 0.15) is 18.4 Å². The fourth-order valence-corrected chi connectivity index (χ4v) is 1.85. The number of benzene rings is 1. The van der Waals surface area contributed by atoms with Gasteiger partial charge >= 0.3 is 0 Å². The molecule has 0 aliphatic heterocycles. The minimum absolute atomic E-state index is 0.0658. The smallest absolute Gasteiger partial charge is 0.226 e. The Hall–Kier alpha value is -1.33. The number of carbonyl (C=O) groups excluding carboxylic acids is 1. The van der Waals surface area contributed by atoms with E-state index < -0.39 is 11.5 Å². The highest BCUT2D eigenvalue weighted by Crippen LogP contribution is 2.30. The molecule has 0 radical (unpaired) electrons. The summed E-state index contributed by atoms with van der Waals surface area (Å²) in [5.41, 5.74) is 5.26. The van der Waals surface area contributed by atoms with Crippen molar-refractivity contribution in [3.05, 3.63) is 28.5 Å². The lowest BCUT2D eigenvalue weighted by Gasteiger charge is -2.13. The number of halogens is 2. The highest BCUT2D eigenvalue weighted by molar-refractivity contribution is 6.31. The first-order chi connectivity index (χ1) is 8.45. The summed E-state index contributed by atoms with van der Waals surface area (Å²) in [6.45, 7) is 0. The Morgan fingerprint density at radius 2 is 2.28 bits per heavy atom. The standard InChI is InChI=1S/C12H14ClFN2O2/c1-18-9-3-2-8(13)7(11(9)14)6-10(17)16-12(15)4-5-12/h2-3H,4-6,15H2,1H3,(H,16,17). The van der Waals surface area contributed by atoms with E-state index >= 15 is 0 Å². The van der Waals surface area contributed by atoms with E-state index in [9.17, 15) is 9.18 Å². The number of nitrogens with two attached hydrogens (primary N) is 1. The molecule has 0 saturated heterocycles. The lowest BCUT2D eigenvalue weighted by molar-refractivity contribution is -0.121. The lowest BCUT2D eigenvalue weighted by atomic mass is 10.1. The third-order valence-corrected chi connectivity index (χ3v) is 3.24. The number of hydrogen-bond acceptors (Lipinski definition) is 3. The highest BCUT2D eigenvalue weighted by atomic mass is 35.5. The van der Waals surface area contributed by atoms with Crippen molar-refractivity contribution in [1.29, 1.82) is 0 Å². The number of nitrogens with one attached hydrogen (secondary N) is 1. The van der Waals surface area contributed by atoms with Crippen LogP contribution in [-0.2, 0) is 11.2 Å². The van der Waals surface area contributed by atoms with E-state index in [0.717, 1.165) is 12.8 Å². The van der Waals surface area contributed by atoms with Gasteiger partial charge in [0.1, 0.15) is 0 Å². The van der Waals surface area contributed by atoms with E-state index in [2.05, 4.69) is 5.32 Å². The third-order valence-electron chi connectivity index (χ3n) is 2.88. The average Bonchev–Trinajstić information content (AvgIpc) is 3.02. The molecular weight excluding hydrogens is 259 g/mol. The van der Waals surface area contributed by atoms with Gasteiger partial charge in [0.25, 0.3) is 0 Å². The molecule has 4 nitrogen and oxygen atoms in total. The molecule has 98 valence electrons. The minimum Gasteiger partial charge on any atom is -0.494 e. The fourth-order valence-electron chi connectivity index (χ4n) is 1.64. The summed E-state index contributed by atoms with van der Waals surface area (Å²) in [7, 11) is 1.36. The van der Waals surface area contributed by atoms with E-state index in [1.807, 2.05) is 0 Å². The maximum Gasteiger partial charge on any atom is 0.226 e. The lowest BCUT2D eigenvalue weighted by Crippen LogP contribution is -2.44. The van der Waals surface area contributed by atoms with Crippen LogP contribution in [0, 0.1) is 5.82 Å². The van der Waals surface area contributed by atoms with Gasteiger partial charge in [-0.3, -0.25) is 4.79 Å². The number of amides is 1. The Morgan fingerprint density at radius 1 is 1.61 bits per heavy atom. The zero-order valence-electron chi connectivity index (χ0n) is 9.93. The molecule has 18 heavy (non-hydrogen) atoms. The van der Waals surface area contributed by atoms with Crippen molar-refractivity contribution in [3.63, 3.8) is 0 Å². The Morgan fingerprint density at radius 3 is 2.83 bits per heavy atom. The minimum atomic E-state index is -0.612. The summed E-state index contributed by atoms with van der Waals surface area (Å²) in [6.07, 6.45) is 1.33. The predicted octanol–water partition coefficient (Wildman–Crippen LogP) is 1.60. The molecule has 6 heteroatoms. The summed E-state index contributed by atoms with van der Waals surface area (Å²) < 4.78 is 18.8. The van der Waals surface area contributed by atoms with E-state index in [1.54, 1.807) is 0 Å². The van der Waals surface area contributed by atoms with E-state index in [0.29, 0.717) is 0 Å². The zero-order chi connectivity index (χ0) is 13.3. The van der Waals surface area contributed by atoms with Crippen molar-refractivity contribution in [2.24, 2.45) is 5.73 Å². The van der Waals surface area contributed by atoms with Crippen molar-refractivity contribution < 1.29 is 13.9 Å². The quantitative estimate of drug-likeness (QED) is 0.818. The molecule has 1 aliphatic rings. The second kappa shape index (κ2) is 4.74. The summed E-state index contributed by atoms with van der Waals surface area (Å²) in [5.74, 6) is -0.887. The molecule has 0 aromatic heterocycles. The molecule has 0 heterocycles. The van der Waals surface area contributed by atoms with Crippen molar-refractivity contribution in [3.8, 4) is 5.75 Å². The molecule has 0 spiro atoms. The maximum atomic E-state index is 13.9. The molecule has 3 N–H and O–H groups in total. The number of hydrogen-bond donors (Lipinski definition) is 2. The third kappa shape index (κ3) is 2.73. The van der Waals surface area contributed by atoms with E-state index in [-0.39, 0.29) is 28.7 Å². The number of ether oxygens (including phenoxy) is 1. The number of carbonyl (C=O) groups is 1. The first-order valence-corrected chi connectivity index (χ1v) is 5.94. The van der Waals surface area contributed by atoms with Gasteiger partial charge in [-0.1, -0.05) is 11.6 Å². The fraction of sp³-hybridized carbons (Fsp3) is 0.417. The molecule has 2 rings (SSSR count). The van der Waals surface area contributed by atoms with Gasteiger partial charge in [0.15, 0.2) is 11.6 Å². The van der Waals surface area contributed by atoms with Gasteiger partial charge in [-0.05, 0) is 25.0 Å². The normalized spacial score (nSPS) is 16.2. The van der Waals surface area contributed by atoms with Crippen LogP contribution in [0.25, 0.3) is 0 Å². The van der Waals surface area contributed by atoms with Crippen LogP contribution in [0.4, 0.5) is 4.39 Å². The second-order valence-electron chi connectivity index (χ2n) is 4.42. The van der Waals surface area contributed by atoms with Crippen LogP contribution >= 0.6 is 11.6 Å². The van der Waals surface area contributed by atoms with Crippen LogP contribution in [0.2, 0.25) is 5.02 Å². The van der Waals surface area contributed by atoms with Gasteiger partial charge in [-0.15, -0.1) is 0 Å². The molecule has 0 bridgehead atoms. The van der Waals surface area contributed by atoms with Gasteiger partial charge in [-0.2, -0.15) is 0 Å². The summed E-state index contributed by atoms with van der Waals surface area (Å²) in [6, 6.07) is 2.92. The van der Waals surface area contributed by atoms with Gasteiger partial charge in [0.05, 0.1) is 19.2 Å². The van der Waals surface area contributed by atoms with Crippen LogP contribution < -0.4 is 15.8 Å². The maximum absolute atomic E-state index is 13.9. The largest absolute Gasteiger partial charge is 0.494 e. The first kappa shape index (κ1) is 13.1. The topological polar surface area (TPSA) is 64.3 Å². The van der Waals surface area contributed by atoms with Crippen molar-refractivity contribution in [2.75, 3.05) is 7.11 Å². The van der Waals surface area contributed by atoms with Crippen LogP contribution in [-0.4, -0.2) is 18.7 Å². The first-order valence-electron chi connectivity index (χ1n) is 5.56. The molecule has 0 unspecified atom stereocenters. The highest BCUT2D eigenvalue weighted by Gasteiger charge is 2.39. The molecule has 1 aromatic rings. The summed E-state index contributed by atoms with van der Waals surface area (Å²) >= 11 is 5.88. The van der Waals surface area contributed by atoms with Gasteiger partial charge in [0.2, 0.25) is 5.91 Å². The molecule has 1 fully saturated rings. The van der Waals surface area contributed by atoms with Gasteiger partial charge in [0, 0.05) is 10.6 Å². The Kier molecular flexibility index (Phi) is 3.45. The van der Waals surface area contributed by atoms with Crippen LogP contribution in [0.3, 0.4) is 0 Å². The number of methoxy groups -OCH3 is 1. The molecule has 1 amide bonds. The number of rotatable bonds is 4. The SMILES string of the molecule is COc1ccc(Cl)c(CC(=O)NC2(N)CC2)c1F. The van der Waals surface area contributed by atoms with Gasteiger partial charge in [-0.25, -0.2) is 4.39 Å². The molecule has 1 aromatic carbocycles. The summed E-state index contributed by atoms with van der Waals surface area (Å²) in [4.78, 5) is 11.7. The zero-order valence-corrected chi connectivity index (χ0v) is 10.7. The average molecular weight is 273 g/mol. The second-order valence-corrected chi connectivity index (χ2v) is 4.83. The predicted molar refractivity (Wildman–Crippen MR) is 66.0 cm³/mol. The van der Waals surface area contributed by atoms with Gasteiger partial charge < -0.3 is 15.8 Å². The van der Waals surface area contributed by atoms with E-state index in [1.165, 1.54) is 19.2 Å². The Balaban J connectivity index is 2.15. The van der Waals surface area contributed by atoms with Crippen LogP contribution in [0.5, 0.6) is 5.75 Å².